The minimum atomic E-state index is -3.79. The van der Waals surface area contributed by atoms with Gasteiger partial charge in [-0.3, -0.25) is 0 Å². The standard InChI is InChI=1S/C68H140B5O14/c1-41(2)61(74,42(3)4)57(33,34)65(49(17)18,50(19)20)78-69-82-70(79-66(51(21)22,52(23)24)58(35,36)62(75,43(5)6)44(7)8)85-73(84-69)86-71(80-67(53(25)26,54(27)28)59(37,38)63(76,45(9)10)46(11)12)83-72(87-73)81-68(55(29)30,56(31)32)60(39,40)64(77,47(13)14)48(15)16/h41-56,74-77H,1-40H3/q-1. The van der Waals surface area contributed by atoms with Crippen molar-refractivity contribution >= 4 is 36.2 Å². The van der Waals surface area contributed by atoms with Gasteiger partial charge in [0, 0.05) is 21.7 Å². The summed E-state index contributed by atoms with van der Waals surface area (Å²) in [6.07, 6.45) is 0. The maximum Gasteiger partial charge on any atom is 0.586 e. The molecule has 87 heavy (non-hydrogen) atoms. The fraction of sp³-hybridized carbons (Fsp3) is 1.00. The van der Waals surface area contributed by atoms with Crippen LogP contribution in [0, 0.1) is 116 Å². The Kier molecular flexibility index (Phi) is 26.9. The van der Waals surface area contributed by atoms with Gasteiger partial charge in [-0.25, -0.2) is 0 Å². The smallest absolute Gasteiger partial charge is 0.539 e. The highest BCUT2D eigenvalue weighted by Crippen LogP contribution is 2.62. The van der Waals surface area contributed by atoms with Crippen molar-refractivity contribution in [1.29, 1.82) is 0 Å². The third kappa shape index (κ3) is 12.9. The van der Waals surface area contributed by atoms with Crippen LogP contribution >= 0.6 is 0 Å². The minimum Gasteiger partial charge on any atom is -0.539 e. The Balaban J connectivity index is 3.65. The number of hydrogen-bond acceptors (Lipinski definition) is 14. The molecule has 0 aromatic carbocycles. The summed E-state index contributed by atoms with van der Waals surface area (Å²) in [5, 5.41) is 53.5. The molecule has 19 heteroatoms. The van der Waals surface area contributed by atoms with E-state index in [9.17, 15) is 20.4 Å². The third-order valence-corrected chi connectivity index (χ3v) is 24.5. The first-order valence-corrected chi connectivity index (χ1v) is 34.6. The van der Waals surface area contributed by atoms with E-state index in [2.05, 4.69) is 166 Å². The lowest BCUT2D eigenvalue weighted by Crippen LogP contribution is -2.77. The quantitative estimate of drug-likeness (QED) is 0.0469. The van der Waals surface area contributed by atoms with Crippen molar-refractivity contribution in [2.75, 3.05) is 0 Å². The Morgan fingerprint density at radius 2 is 0.345 bits per heavy atom. The van der Waals surface area contributed by atoms with E-state index in [1.807, 2.05) is 111 Å². The molecule has 0 aromatic heterocycles. The summed E-state index contributed by atoms with van der Waals surface area (Å²) in [6.45, 7) is 79.1. The summed E-state index contributed by atoms with van der Waals surface area (Å²) in [6, 6.07) is 0. The molecule has 2 heterocycles. The topological polar surface area (TPSA) is 173 Å². The molecule has 2 aliphatic heterocycles. The molecule has 0 bridgehead atoms. The molecule has 4 N–H and O–H groups in total. The Hall–Kier alpha value is -0.235. The normalized spacial score (nSPS) is 18.1. The second-order valence-electron chi connectivity index (χ2n) is 34.5. The van der Waals surface area contributed by atoms with E-state index in [4.69, 9.17) is 46.0 Å². The number of aliphatic hydroxyl groups is 4. The molecular weight excluding hydrogens is 1090 g/mol. The van der Waals surface area contributed by atoms with E-state index >= 15 is 0 Å². The van der Waals surface area contributed by atoms with Crippen LogP contribution in [0.1, 0.15) is 277 Å². The van der Waals surface area contributed by atoms with Gasteiger partial charge < -0.3 is 66.5 Å². The van der Waals surface area contributed by atoms with Gasteiger partial charge in [-0.1, -0.05) is 277 Å². The molecule has 0 aromatic rings. The van der Waals surface area contributed by atoms with Gasteiger partial charge in [0.25, 0.3) is 0 Å². The van der Waals surface area contributed by atoms with Gasteiger partial charge >= 0.3 is 36.2 Å². The zero-order chi connectivity index (χ0) is 69.1. The van der Waals surface area contributed by atoms with Crippen molar-refractivity contribution in [3.8, 4) is 0 Å². The predicted octanol–water partition coefficient (Wildman–Crippen LogP) is 16.0. The van der Waals surface area contributed by atoms with Gasteiger partial charge in [-0.15, -0.1) is 0 Å². The molecule has 0 amide bonds. The molecule has 2 saturated heterocycles. The van der Waals surface area contributed by atoms with Crippen molar-refractivity contribution in [1.82, 2.24) is 0 Å². The largest absolute Gasteiger partial charge is 0.586 e. The van der Waals surface area contributed by atoms with Crippen LogP contribution in [0.25, 0.3) is 0 Å². The molecule has 0 radical (unpaired) electrons. The first kappa shape index (κ1) is 82.9. The van der Waals surface area contributed by atoms with Crippen LogP contribution in [-0.2, 0) is 46.0 Å². The molecule has 512 valence electrons. The van der Waals surface area contributed by atoms with Crippen LogP contribution < -0.4 is 0 Å². The Morgan fingerprint density at radius 3 is 0.437 bits per heavy atom. The van der Waals surface area contributed by atoms with E-state index in [1.165, 1.54) is 0 Å². The van der Waals surface area contributed by atoms with Crippen molar-refractivity contribution in [3.63, 3.8) is 0 Å². The average molecular weight is 1240 g/mol. The highest BCUT2D eigenvalue weighted by atomic mass is 17.0. The lowest BCUT2D eigenvalue weighted by atomic mass is 9.50. The fourth-order valence-electron chi connectivity index (χ4n) is 21.7. The van der Waals surface area contributed by atoms with E-state index in [0.29, 0.717) is 0 Å². The Labute approximate surface area is 538 Å². The van der Waals surface area contributed by atoms with E-state index in [-0.39, 0.29) is 94.7 Å². The predicted molar refractivity (Wildman–Crippen MR) is 363 cm³/mol. The van der Waals surface area contributed by atoms with Crippen molar-refractivity contribution in [2.45, 2.75) is 322 Å². The summed E-state index contributed by atoms with van der Waals surface area (Å²) in [5.74, 6) is -4.03. The summed E-state index contributed by atoms with van der Waals surface area (Å²) in [7, 11) is -6.85. The average Bonchev–Trinajstić information content (AvgIpc) is 3.34. The maximum atomic E-state index is 13.4. The molecule has 1 spiro atoms. The van der Waals surface area contributed by atoms with Gasteiger partial charge in [0.2, 0.25) is 0 Å². The molecule has 0 aliphatic carbocycles. The second-order valence-corrected chi connectivity index (χ2v) is 34.5. The van der Waals surface area contributed by atoms with Gasteiger partial charge in [-0.2, -0.15) is 0 Å². The molecule has 2 rings (SSSR count). The van der Waals surface area contributed by atoms with Gasteiger partial charge in [0.15, 0.2) is 0 Å². The summed E-state index contributed by atoms with van der Waals surface area (Å²) < 4.78 is 74.3. The molecular formula is C68H140B5O14-. The van der Waals surface area contributed by atoms with Gasteiger partial charge in [0.05, 0.1) is 44.8 Å². The number of hydrogen-bond donors (Lipinski definition) is 4. The molecule has 14 nitrogen and oxygen atoms in total. The zero-order valence-corrected chi connectivity index (χ0v) is 64.0. The molecule has 0 unspecified atom stereocenters. The van der Waals surface area contributed by atoms with E-state index in [0.717, 1.165) is 0 Å². The Bertz CT molecular complexity index is 1790. The van der Waals surface area contributed by atoms with Gasteiger partial charge in [0.1, 0.15) is 0 Å². The van der Waals surface area contributed by atoms with Crippen LogP contribution in [-0.4, -0.2) is 101 Å². The molecule has 2 fully saturated rings. The van der Waals surface area contributed by atoms with Crippen LogP contribution in [0.2, 0.25) is 0 Å². The number of rotatable bonds is 32. The minimum absolute atomic E-state index is 0.222. The molecule has 0 saturated carbocycles. The highest BCUT2D eigenvalue weighted by Gasteiger charge is 2.72. The summed E-state index contributed by atoms with van der Waals surface area (Å²) >= 11 is 0. The third-order valence-electron chi connectivity index (χ3n) is 24.5. The summed E-state index contributed by atoms with van der Waals surface area (Å²) in [4.78, 5) is 0. The second kappa shape index (κ2) is 28.2. The molecule has 0 atom stereocenters. The Morgan fingerprint density at radius 1 is 0.230 bits per heavy atom. The lowest BCUT2D eigenvalue weighted by Gasteiger charge is -2.65. The van der Waals surface area contributed by atoms with Crippen molar-refractivity contribution in [3.05, 3.63) is 0 Å². The van der Waals surface area contributed by atoms with Crippen molar-refractivity contribution in [2.24, 2.45) is 116 Å². The first-order valence-electron chi connectivity index (χ1n) is 34.6. The van der Waals surface area contributed by atoms with Crippen LogP contribution in [0.15, 0.2) is 0 Å². The molecule has 2 aliphatic rings. The van der Waals surface area contributed by atoms with Crippen LogP contribution in [0.5, 0.6) is 0 Å². The van der Waals surface area contributed by atoms with E-state index < -0.39 is 103 Å². The first-order chi connectivity index (χ1) is 38.8. The zero-order valence-electron chi connectivity index (χ0n) is 64.0. The SMILES string of the molecule is CC(C)C(O)(C(C)C)C(C)(C)C(OB1OB(OC(C(C)C)(C(C)C)C(C)(C)C(O)(C(C)C)C(C)C)O[B-]2(O1)OB(OC(C(C)C)(C(C)C)C(C)(C)C(O)(C(C)C)C(C)C)OB(OC(C(C)C)(C(C)C)C(C)(C)C(O)(C(C)C)C(C)C)O2)(C(C)C)C(C)C. The fourth-order valence-corrected chi connectivity index (χ4v) is 21.7. The monoisotopic (exact) mass is 1240 g/mol. The highest BCUT2D eigenvalue weighted by molar-refractivity contribution is 6.82. The summed E-state index contributed by atoms with van der Waals surface area (Å²) in [5.41, 5.74) is -14.3. The lowest BCUT2D eigenvalue weighted by molar-refractivity contribution is -0.256. The van der Waals surface area contributed by atoms with Gasteiger partial charge in [-0.05, 0) is 94.7 Å². The van der Waals surface area contributed by atoms with Crippen LogP contribution in [0.3, 0.4) is 0 Å². The van der Waals surface area contributed by atoms with Crippen molar-refractivity contribution < 1.29 is 66.5 Å². The maximum absolute atomic E-state index is 13.4. The van der Waals surface area contributed by atoms with Crippen LogP contribution in [0.4, 0.5) is 0 Å². The van der Waals surface area contributed by atoms with E-state index in [1.54, 1.807) is 0 Å².